The molecule has 1 saturated heterocycles. The molecule has 1 fully saturated rings. The topological polar surface area (TPSA) is 66.2 Å². The van der Waals surface area contributed by atoms with Crippen LogP contribution >= 0.6 is 0 Å². The molecule has 1 rings (SSSR count). The lowest BCUT2D eigenvalue weighted by Crippen LogP contribution is -2.50. The Morgan fingerprint density at radius 1 is 1.05 bits per heavy atom. The van der Waals surface area contributed by atoms with Gasteiger partial charge in [0.25, 0.3) is 0 Å². The van der Waals surface area contributed by atoms with Crippen LogP contribution in [0.25, 0.3) is 0 Å². The van der Waals surface area contributed by atoms with Gasteiger partial charge in [-0.1, -0.05) is 13.3 Å². The molecule has 126 valence electrons. The minimum Gasteiger partial charge on any atom is -0.379 e. The van der Waals surface area contributed by atoms with Crippen LogP contribution in [-0.4, -0.2) is 83.4 Å². The Hall–Kier alpha value is -0.240. The van der Waals surface area contributed by atoms with Gasteiger partial charge in [-0.3, -0.25) is 4.90 Å². The van der Waals surface area contributed by atoms with Crippen molar-refractivity contribution >= 4 is 0 Å². The van der Waals surface area contributed by atoms with Crippen molar-refractivity contribution in [2.75, 3.05) is 72.5 Å². The number of morpholine rings is 1. The Labute approximate surface area is 128 Å². The molecule has 0 saturated carbocycles. The van der Waals surface area contributed by atoms with Crippen molar-refractivity contribution < 1.29 is 18.9 Å². The number of nitrogens with two attached hydrogens (primary N) is 1. The highest BCUT2D eigenvalue weighted by Gasteiger charge is 2.20. The Morgan fingerprint density at radius 3 is 2.38 bits per heavy atom. The van der Waals surface area contributed by atoms with Crippen LogP contribution in [0.1, 0.15) is 19.8 Å². The molecule has 1 aliphatic heterocycles. The monoisotopic (exact) mass is 304 g/mol. The van der Waals surface area contributed by atoms with E-state index in [1.165, 1.54) is 6.42 Å². The SMILES string of the molecule is CCCCOCCOCCOCCN1CCOCC1CN. The van der Waals surface area contributed by atoms with Gasteiger partial charge in [-0.2, -0.15) is 0 Å². The van der Waals surface area contributed by atoms with E-state index in [1.54, 1.807) is 0 Å². The molecular formula is C15H32N2O4. The molecule has 21 heavy (non-hydrogen) atoms. The Morgan fingerprint density at radius 2 is 1.71 bits per heavy atom. The maximum Gasteiger partial charge on any atom is 0.0701 e. The molecule has 1 aliphatic rings. The molecule has 6 heteroatoms. The number of nitrogens with zero attached hydrogens (tertiary/aromatic N) is 1. The predicted octanol–water partition coefficient (Wildman–Crippen LogP) is 0.496. The highest BCUT2D eigenvalue weighted by molar-refractivity contribution is 4.75. The van der Waals surface area contributed by atoms with Crippen LogP contribution in [0.15, 0.2) is 0 Å². The smallest absolute Gasteiger partial charge is 0.0701 e. The van der Waals surface area contributed by atoms with Crippen molar-refractivity contribution in [2.45, 2.75) is 25.8 Å². The maximum atomic E-state index is 5.73. The zero-order valence-corrected chi connectivity index (χ0v) is 13.4. The Kier molecular flexibility index (Phi) is 12.0. The van der Waals surface area contributed by atoms with Crippen molar-refractivity contribution in [2.24, 2.45) is 5.73 Å². The van der Waals surface area contributed by atoms with E-state index >= 15 is 0 Å². The number of rotatable bonds is 13. The van der Waals surface area contributed by atoms with Gasteiger partial charge in [0.2, 0.25) is 0 Å². The maximum absolute atomic E-state index is 5.73. The first-order chi connectivity index (χ1) is 10.4. The summed E-state index contributed by atoms with van der Waals surface area (Å²) in [5.41, 5.74) is 5.73. The molecule has 0 aromatic rings. The third-order valence-electron chi connectivity index (χ3n) is 3.53. The summed E-state index contributed by atoms with van der Waals surface area (Å²) in [4.78, 5) is 2.34. The van der Waals surface area contributed by atoms with Crippen LogP contribution in [0.3, 0.4) is 0 Å². The van der Waals surface area contributed by atoms with Gasteiger partial charge in [0.05, 0.1) is 46.2 Å². The van der Waals surface area contributed by atoms with E-state index in [0.717, 1.165) is 39.3 Å². The summed E-state index contributed by atoms with van der Waals surface area (Å²) in [7, 11) is 0. The second-order valence-electron chi connectivity index (χ2n) is 5.19. The van der Waals surface area contributed by atoms with Gasteiger partial charge >= 0.3 is 0 Å². The molecular weight excluding hydrogens is 272 g/mol. The molecule has 1 heterocycles. The molecule has 0 aliphatic carbocycles. The van der Waals surface area contributed by atoms with Crippen molar-refractivity contribution in [1.82, 2.24) is 4.90 Å². The molecule has 0 radical (unpaired) electrons. The largest absolute Gasteiger partial charge is 0.379 e. The average Bonchev–Trinajstić information content (AvgIpc) is 2.53. The zero-order chi connectivity index (χ0) is 15.2. The minimum atomic E-state index is 0.332. The van der Waals surface area contributed by atoms with E-state index in [1.807, 2.05) is 0 Å². The molecule has 0 aromatic heterocycles. The minimum absolute atomic E-state index is 0.332. The number of unbranched alkanes of at least 4 members (excludes halogenated alkanes) is 1. The second kappa shape index (κ2) is 13.4. The van der Waals surface area contributed by atoms with E-state index < -0.39 is 0 Å². The van der Waals surface area contributed by atoms with E-state index in [2.05, 4.69) is 11.8 Å². The fourth-order valence-electron chi connectivity index (χ4n) is 2.17. The number of ether oxygens (including phenoxy) is 4. The lowest BCUT2D eigenvalue weighted by atomic mass is 10.2. The molecule has 6 nitrogen and oxygen atoms in total. The van der Waals surface area contributed by atoms with Gasteiger partial charge < -0.3 is 24.7 Å². The van der Waals surface area contributed by atoms with Crippen LogP contribution in [0.4, 0.5) is 0 Å². The molecule has 0 spiro atoms. The van der Waals surface area contributed by atoms with Crippen molar-refractivity contribution in [3.63, 3.8) is 0 Å². The molecule has 0 bridgehead atoms. The first-order valence-corrected chi connectivity index (χ1v) is 8.13. The van der Waals surface area contributed by atoms with E-state index in [0.29, 0.717) is 45.6 Å². The second-order valence-corrected chi connectivity index (χ2v) is 5.19. The summed E-state index contributed by atoms with van der Waals surface area (Å²) in [6, 6.07) is 0.332. The summed E-state index contributed by atoms with van der Waals surface area (Å²) in [6.45, 7) is 10.3. The van der Waals surface area contributed by atoms with E-state index in [9.17, 15) is 0 Å². The highest BCUT2D eigenvalue weighted by atomic mass is 16.5. The Balaban J connectivity index is 1.83. The van der Waals surface area contributed by atoms with Gasteiger partial charge in [-0.25, -0.2) is 0 Å². The first kappa shape index (κ1) is 18.8. The van der Waals surface area contributed by atoms with Crippen molar-refractivity contribution in [3.8, 4) is 0 Å². The molecule has 0 aromatic carbocycles. The molecule has 1 unspecified atom stereocenters. The van der Waals surface area contributed by atoms with E-state index in [-0.39, 0.29) is 0 Å². The van der Waals surface area contributed by atoms with Gasteiger partial charge in [0, 0.05) is 32.3 Å². The van der Waals surface area contributed by atoms with Crippen molar-refractivity contribution in [1.29, 1.82) is 0 Å². The quantitative estimate of drug-likeness (QED) is 0.500. The fourth-order valence-corrected chi connectivity index (χ4v) is 2.17. The van der Waals surface area contributed by atoms with Crippen LogP contribution < -0.4 is 5.73 Å². The van der Waals surface area contributed by atoms with Crippen LogP contribution in [-0.2, 0) is 18.9 Å². The zero-order valence-electron chi connectivity index (χ0n) is 13.4. The third-order valence-corrected chi connectivity index (χ3v) is 3.53. The predicted molar refractivity (Wildman–Crippen MR) is 82.6 cm³/mol. The summed E-state index contributed by atoms with van der Waals surface area (Å²) >= 11 is 0. The lowest BCUT2D eigenvalue weighted by Gasteiger charge is -2.34. The van der Waals surface area contributed by atoms with Gasteiger partial charge in [-0.05, 0) is 6.42 Å². The number of hydrogen-bond acceptors (Lipinski definition) is 6. The fraction of sp³-hybridized carbons (Fsp3) is 1.00. The normalized spacial score (nSPS) is 20.0. The van der Waals surface area contributed by atoms with Gasteiger partial charge in [0.15, 0.2) is 0 Å². The van der Waals surface area contributed by atoms with Crippen LogP contribution in [0.2, 0.25) is 0 Å². The lowest BCUT2D eigenvalue weighted by molar-refractivity contribution is -0.0251. The highest BCUT2D eigenvalue weighted by Crippen LogP contribution is 2.04. The van der Waals surface area contributed by atoms with Crippen LogP contribution in [0.5, 0.6) is 0 Å². The Bertz CT molecular complexity index is 232. The number of hydrogen-bond donors (Lipinski definition) is 1. The van der Waals surface area contributed by atoms with Gasteiger partial charge in [-0.15, -0.1) is 0 Å². The van der Waals surface area contributed by atoms with Crippen LogP contribution in [0, 0.1) is 0 Å². The van der Waals surface area contributed by atoms with E-state index in [4.69, 9.17) is 24.7 Å². The molecule has 2 N–H and O–H groups in total. The average molecular weight is 304 g/mol. The standard InChI is InChI=1S/C15H32N2O4/c1-2-3-6-18-9-11-20-12-10-19-7-4-17-5-8-21-14-15(17)13-16/h15H,2-14,16H2,1H3. The van der Waals surface area contributed by atoms with Gasteiger partial charge in [0.1, 0.15) is 0 Å². The summed E-state index contributed by atoms with van der Waals surface area (Å²) in [5, 5.41) is 0. The first-order valence-electron chi connectivity index (χ1n) is 8.13. The molecule has 1 atom stereocenters. The summed E-state index contributed by atoms with van der Waals surface area (Å²) in [6.07, 6.45) is 2.29. The van der Waals surface area contributed by atoms with Crippen molar-refractivity contribution in [3.05, 3.63) is 0 Å². The molecule has 0 amide bonds. The third kappa shape index (κ3) is 9.39. The summed E-state index contributed by atoms with van der Waals surface area (Å²) < 4.78 is 21.9. The summed E-state index contributed by atoms with van der Waals surface area (Å²) in [5.74, 6) is 0.